The Bertz CT molecular complexity index is 1420. The minimum atomic E-state index is -0.209. The van der Waals surface area contributed by atoms with Crippen molar-refractivity contribution in [2.75, 3.05) is 5.73 Å². The number of nitrogens with two attached hydrogens (primary N) is 1. The van der Waals surface area contributed by atoms with Crippen LogP contribution in [0.15, 0.2) is 77.0 Å². The highest BCUT2D eigenvalue weighted by Crippen LogP contribution is 2.34. The van der Waals surface area contributed by atoms with Crippen LogP contribution in [0.4, 0.5) is 11.6 Å². The van der Waals surface area contributed by atoms with E-state index in [0.717, 1.165) is 27.6 Å². The SMILES string of the molecule is Nc1ncc(-c2ccc(Cl)c(N=C3NC(=O)/C(=C/c4ccc5ncccc5c4)S3)c2)cn1. The molecule has 1 aliphatic heterocycles. The van der Waals surface area contributed by atoms with Crippen molar-refractivity contribution in [3.8, 4) is 11.1 Å². The molecule has 0 atom stereocenters. The van der Waals surface area contributed by atoms with E-state index in [1.807, 2.05) is 48.5 Å². The molecule has 0 radical (unpaired) electrons. The van der Waals surface area contributed by atoms with E-state index in [9.17, 15) is 4.79 Å². The second-order valence-corrected chi connectivity index (χ2v) is 8.37. The van der Waals surface area contributed by atoms with Gasteiger partial charge in [0.25, 0.3) is 5.91 Å². The van der Waals surface area contributed by atoms with Gasteiger partial charge in [0.1, 0.15) is 0 Å². The predicted octanol–water partition coefficient (Wildman–Crippen LogP) is 4.82. The predicted molar refractivity (Wildman–Crippen MR) is 129 cm³/mol. The van der Waals surface area contributed by atoms with Gasteiger partial charge in [0.05, 0.1) is 21.1 Å². The van der Waals surface area contributed by atoms with Gasteiger partial charge in [-0.1, -0.05) is 29.8 Å². The maximum atomic E-state index is 12.5. The van der Waals surface area contributed by atoms with Gasteiger partial charge in [-0.15, -0.1) is 0 Å². The van der Waals surface area contributed by atoms with Crippen LogP contribution >= 0.6 is 23.4 Å². The summed E-state index contributed by atoms with van der Waals surface area (Å²) in [5.74, 6) is -0.00511. The van der Waals surface area contributed by atoms with E-state index >= 15 is 0 Å². The molecule has 1 saturated heterocycles. The van der Waals surface area contributed by atoms with Gasteiger partial charge in [-0.05, 0) is 59.3 Å². The Hall–Kier alpha value is -3.75. The Labute approximate surface area is 192 Å². The highest BCUT2D eigenvalue weighted by Gasteiger charge is 2.24. The topological polar surface area (TPSA) is 106 Å². The summed E-state index contributed by atoms with van der Waals surface area (Å²) in [5.41, 5.74) is 9.52. The first kappa shape index (κ1) is 20.2. The number of amides is 1. The van der Waals surface area contributed by atoms with Crippen LogP contribution in [0.5, 0.6) is 0 Å². The van der Waals surface area contributed by atoms with Crippen LogP contribution < -0.4 is 11.1 Å². The molecule has 2 aromatic carbocycles. The summed E-state index contributed by atoms with van der Waals surface area (Å²) in [6.07, 6.45) is 6.85. The molecule has 0 spiro atoms. The van der Waals surface area contributed by atoms with Gasteiger partial charge in [0, 0.05) is 29.5 Å². The lowest BCUT2D eigenvalue weighted by Gasteiger charge is -2.05. The Morgan fingerprint density at radius 1 is 1.03 bits per heavy atom. The van der Waals surface area contributed by atoms with Gasteiger partial charge in [-0.2, -0.15) is 0 Å². The monoisotopic (exact) mass is 458 g/mol. The van der Waals surface area contributed by atoms with E-state index in [1.54, 1.807) is 24.7 Å². The van der Waals surface area contributed by atoms with Crippen LogP contribution in [-0.2, 0) is 4.79 Å². The van der Waals surface area contributed by atoms with Crippen molar-refractivity contribution in [3.63, 3.8) is 0 Å². The molecule has 1 amide bonds. The number of halogens is 1. The van der Waals surface area contributed by atoms with Crippen molar-refractivity contribution in [1.82, 2.24) is 20.3 Å². The first-order chi connectivity index (χ1) is 15.5. The summed E-state index contributed by atoms with van der Waals surface area (Å²) in [5, 5.41) is 4.73. The van der Waals surface area contributed by atoms with Gasteiger partial charge in [-0.25, -0.2) is 15.0 Å². The summed E-state index contributed by atoms with van der Waals surface area (Å²) in [6, 6.07) is 15.1. The molecule has 1 fully saturated rings. The minimum absolute atomic E-state index is 0.204. The number of benzene rings is 2. The van der Waals surface area contributed by atoms with Crippen LogP contribution in [0.3, 0.4) is 0 Å². The smallest absolute Gasteiger partial charge is 0.264 e. The van der Waals surface area contributed by atoms with E-state index in [2.05, 4.69) is 25.3 Å². The number of thioether (sulfide) groups is 1. The zero-order valence-electron chi connectivity index (χ0n) is 16.5. The second-order valence-electron chi connectivity index (χ2n) is 6.93. The molecule has 9 heteroatoms. The number of pyridine rings is 1. The van der Waals surface area contributed by atoms with Gasteiger partial charge in [0.15, 0.2) is 5.17 Å². The standard InChI is InChI=1S/C23H15ClN6OS/c24-17-5-4-14(16-11-27-22(25)28-12-16)10-19(17)29-23-30-21(31)20(32-23)9-13-3-6-18-15(8-13)2-1-7-26-18/h1-12H,(H2,25,27,28)(H,29,30,31)/b20-9-. The average molecular weight is 459 g/mol. The van der Waals surface area contributed by atoms with Crippen LogP contribution in [0.2, 0.25) is 5.02 Å². The minimum Gasteiger partial charge on any atom is -0.368 e. The Morgan fingerprint density at radius 2 is 1.88 bits per heavy atom. The van der Waals surface area contributed by atoms with E-state index in [4.69, 9.17) is 17.3 Å². The Morgan fingerprint density at radius 3 is 2.72 bits per heavy atom. The molecule has 1 aliphatic rings. The van der Waals surface area contributed by atoms with Crippen molar-refractivity contribution in [3.05, 3.63) is 82.6 Å². The third kappa shape index (κ3) is 4.18. The van der Waals surface area contributed by atoms with Crippen LogP contribution in [0.1, 0.15) is 5.56 Å². The van der Waals surface area contributed by atoms with Crippen LogP contribution in [0, 0.1) is 0 Å². The number of carbonyl (C=O) groups is 1. The molecule has 156 valence electrons. The zero-order valence-corrected chi connectivity index (χ0v) is 18.1. The number of hydrogen-bond acceptors (Lipinski definition) is 7. The average Bonchev–Trinajstić information content (AvgIpc) is 3.14. The number of amidine groups is 1. The number of rotatable bonds is 3. The molecule has 0 unspecified atom stereocenters. The molecule has 4 aromatic rings. The number of aliphatic imine (C=N–C) groups is 1. The number of hydrogen-bond donors (Lipinski definition) is 2. The molecule has 3 heterocycles. The number of aromatic nitrogens is 3. The van der Waals surface area contributed by atoms with Gasteiger partial charge < -0.3 is 11.1 Å². The fourth-order valence-electron chi connectivity index (χ4n) is 3.19. The lowest BCUT2D eigenvalue weighted by molar-refractivity contribution is -0.115. The van der Waals surface area contributed by atoms with E-state index in [1.165, 1.54) is 11.8 Å². The number of nitrogen functional groups attached to an aromatic ring is 1. The highest BCUT2D eigenvalue weighted by atomic mass is 35.5. The quantitative estimate of drug-likeness (QED) is 0.426. The van der Waals surface area contributed by atoms with Gasteiger partial charge >= 0.3 is 0 Å². The third-order valence-electron chi connectivity index (χ3n) is 4.75. The Balaban J connectivity index is 1.43. The first-order valence-corrected chi connectivity index (χ1v) is 10.8. The van der Waals surface area contributed by atoms with Crippen molar-refractivity contribution in [2.45, 2.75) is 0 Å². The summed E-state index contributed by atoms with van der Waals surface area (Å²) in [7, 11) is 0. The lowest BCUT2D eigenvalue weighted by atomic mass is 10.1. The molecule has 2 aromatic heterocycles. The van der Waals surface area contributed by atoms with Crippen molar-refractivity contribution in [1.29, 1.82) is 0 Å². The van der Waals surface area contributed by atoms with Gasteiger partial charge in [-0.3, -0.25) is 9.78 Å². The molecule has 0 bridgehead atoms. The largest absolute Gasteiger partial charge is 0.368 e. The van der Waals surface area contributed by atoms with Crippen molar-refractivity contribution >= 4 is 63.1 Å². The number of nitrogens with one attached hydrogen (secondary N) is 1. The molecule has 0 saturated carbocycles. The van der Waals surface area contributed by atoms with E-state index < -0.39 is 0 Å². The fraction of sp³-hybridized carbons (Fsp3) is 0. The van der Waals surface area contributed by atoms with E-state index in [-0.39, 0.29) is 11.9 Å². The summed E-state index contributed by atoms with van der Waals surface area (Å²) < 4.78 is 0. The van der Waals surface area contributed by atoms with Crippen molar-refractivity contribution in [2.24, 2.45) is 4.99 Å². The molecule has 7 nitrogen and oxygen atoms in total. The molecule has 0 aliphatic carbocycles. The summed E-state index contributed by atoms with van der Waals surface area (Å²) in [4.78, 5) is 29.9. The zero-order chi connectivity index (χ0) is 22.1. The molecular formula is C23H15ClN6OS. The number of nitrogens with zero attached hydrogens (tertiary/aromatic N) is 4. The molecule has 5 rings (SSSR count). The number of carbonyl (C=O) groups excluding carboxylic acids is 1. The van der Waals surface area contributed by atoms with Crippen molar-refractivity contribution < 1.29 is 4.79 Å². The number of anilines is 1. The maximum Gasteiger partial charge on any atom is 0.264 e. The first-order valence-electron chi connectivity index (χ1n) is 9.57. The molecule has 3 N–H and O–H groups in total. The van der Waals surface area contributed by atoms with E-state index in [0.29, 0.717) is 20.8 Å². The third-order valence-corrected chi connectivity index (χ3v) is 5.98. The maximum absolute atomic E-state index is 12.5. The normalized spacial score (nSPS) is 16.1. The highest BCUT2D eigenvalue weighted by molar-refractivity contribution is 8.18. The molecule has 32 heavy (non-hydrogen) atoms. The molecular weight excluding hydrogens is 444 g/mol. The second kappa shape index (κ2) is 8.41. The van der Waals surface area contributed by atoms with Crippen LogP contribution in [0.25, 0.3) is 28.1 Å². The van der Waals surface area contributed by atoms with Crippen LogP contribution in [-0.4, -0.2) is 26.0 Å². The lowest BCUT2D eigenvalue weighted by Crippen LogP contribution is -2.19. The fourth-order valence-corrected chi connectivity index (χ4v) is 4.18. The summed E-state index contributed by atoms with van der Waals surface area (Å²) in [6.45, 7) is 0. The Kier molecular flexibility index (Phi) is 5.30. The van der Waals surface area contributed by atoms with Gasteiger partial charge in [0.2, 0.25) is 5.95 Å². The summed E-state index contributed by atoms with van der Waals surface area (Å²) >= 11 is 7.61. The number of fused-ring (bicyclic) bond motifs is 1.